The van der Waals surface area contributed by atoms with Crippen molar-refractivity contribution in [2.24, 2.45) is 0 Å². The van der Waals surface area contributed by atoms with E-state index in [2.05, 4.69) is 15.6 Å². The minimum Gasteiger partial charge on any atom is -0.371 e. The standard InChI is InChI=1S/C14H14FN3O/c1-9-3-5-10(6-4-9)18-14(19)11-7-8-17-13(16-2)12(11)15/h3-8H,1-2H3,(H,16,17)(H,18,19). The number of rotatable bonds is 3. The molecule has 1 amide bonds. The van der Waals surface area contributed by atoms with Crippen molar-refractivity contribution in [2.45, 2.75) is 6.92 Å². The van der Waals surface area contributed by atoms with E-state index >= 15 is 0 Å². The van der Waals surface area contributed by atoms with Crippen LogP contribution in [0.5, 0.6) is 0 Å². The van der Waals surface area contributed by atoms with E-state index < -0.39 is 11.7 Å². The van der Waals surface area contributed by atoms with Gasteiger partial charge in [0.15, 0.2) is 11.6 Å². The first-order valence-electron chi connectivity index (χ1n) is 5.82. The quantitative estimate of drug-likeness (QED) is 0.891. The van der Waals surface area contributed by atoms with Gasteiger partial charge in [0.2, 0.25) is 0 Å². The number of anilines is 2. The Bertz CT molecular complexity index is 596. The number of hydrogen-bond donors (Lipinski definition) is 2. The zero-order chi connectivity index (χ0) is 13.8. The molecule has 0 saturated carbocycles. The number of aromatic nitrogens is 1. The second kappa shape index (κ2) is 5.48. The summed E-state index contributed by atoms with van der Waals surface area (Å²) in [6.07, 6.45) is 1.39. The van der Waals surface area contributed by atoms with Crippen molar-refractivity contribution in [1.29, 1.82) is 0 Å². The molecule has 19 heavy (non-hydrogen) atoms. The van der Waals surface area contributed by atoms with Crippen LogP contribution in [-0.4, -0.2) is 17.9 Å². The molecule has 1 aromatic carbocycles. The molecule has 2 N–H and O–H groups in total. The van der Waals surface area contributed by atoms with Crippen LogP contribution in [0.3, 0.4) is 0 Å². The van der Waals surface area contributed by atoms with Crippen LogP contribution < -0.4 is 10.6 Å². The van der Waals surface area contributed by atoms with Crippen LogP contribution in [-0.2, 0) is 0 Å². The van der Waals surface area contributed by atoms with Gasteiger partial charge in [0.25, 0.3) is 5.91 Å². The van der Waals surface area contributed by atoms with Gasteiger partial charge in [-0.1, -0.05) is 17.7 Å². The molecular weight excluding hydrogens is 245 g/mol. The van der Waals surface area contributed by atoms with Crippen molar-refractivity contribution in [3.8, 4) is 0 Å². The van der Waals surface area contributed by atoms with Gasteiger partial charge in [-0.05, 0) is 25.1 Å². The van der Waals surface area contributed by atoms with Gasteiger partial charge in [-0.15, -0.1) is 0 Å². The summed E-state index contributed by atoms with van der Waals surface area (Å²) in [5.74, 6) is -1.11. The maximum Gasteiger partial charge on any atom is 0.258 e. The minimum absolute atomic E-state index is 0.0417. The number of hydrogen-bond acceptors (Lipinski definition) is 3. The van der Waals surface area contributed by atoms with Crippen LogP contribution in [0.4, 0.5) is 15.9 Å². The van der Waals surface area contributed by atoms with Crippen molar-refractivity contribution in [3.63, 3.8) is 0 Å². The van der Waals surface area contributed by atoms with E-state index in [4.69, 9.17) is 0 Å². The first-order valence-corrected chi connectivity index (χ1v) is 5.82. The Morgan fingerprint density at radius 2 is 1.89 bits per heavy atom. The molecule has 1 aromatic heterocycles. The SMILES string of the molecule is CNc1nccc(C(=O)Nc2ccc(C)cc2)c1F. The molecule has 1 heterocycles. The molecule has 4 nitrogen and oxygen atoms in total. The zero-order valence-electron chi connectivity index (χ0n) is 10.7. The van der Waals surface area contributed by atoms with E-state index in [0.717, 1.165) is 5.56 Å². The number of aryl methyl sites for hydroxylation is 1. The number of halogens is 1. The van der Waals surface area contributed by atoms with E-state index in [9.17, 15) is 9.18 Å². The fourth-order valence-electron chi connectivity index (χ4n) is 1.63. The third-order valence-electron chi connectivity index (χ3n) is 2.68. The highest BCUT2D eigenvalue weighted by molar-refractivity contribution is 6.04. The van der Waals surface area contributed by atoms with Gasteiger partial charge in [-0.2, -0.15) is 0 Å². The molecule has 0 aliphatic rings. The van der Waals surface area contributed by atoms with Crippen LogP contribution >= 0.6 is 0 Å². The molecular formula is C14H14FN3O. The summed E-state index contributed by atoms with van der Waals surface area (Å²) in [5, 5.41) is 5.24. The Morgan fingerprint density at radius 1 is 1.21 bits per heavy atom. The topological polar surface area (TPSA) is 54.0 Å². The van der Waals surface area contributed by atoms with Crippen molar-refractivity contribution >= 4 is 17.4 Å². The molecule has 0 bridgehead atoms. The summed E-state index contributed by atoms with van der Waals surface area (Å²) in [5.41, 5.74) is 1.67. The highest BCUT2D eigenvalue weighted by Gasteiger charge is 2.15. The number of carbonyl (C=O) groups is 1. The fraction of sp³-hybridized carbons (Fsp3) is 0.143. The molecule has 0 fully saturated rings. The summed E-state index contributed by atoms with van der Waals surface area (Å²) >= 11 is 0. The van der Waals surface area contributed by atoms with Crippen molar-refractivity contribution in [2.75, 3.05) is 17.7 Å². The summed E-state index contributed by atoms with van der Waals surface area (Å²) in [6.45, 7) is 1.95. The third kappa shape index (κ3) is 2.88. The highest BCUT2D eigenvalue weighted by Crippen LogP contribution is 2.16. The lowest BCUT2D eigenvalue weighted by atomic mass is 10.2. The molecule has 0 radical (unpaired) electrons. The van der Waals surface area contributed by atoms with E-state index in [1.807, 2.05) is 19.1 Å². The van der Waals surface area contributed by atoms with Gasteiger partial charge in [-0.3, -0.25) is 4.79 Å². The molecule has 2 aromatic rings. The molecule has 0 spiro atoms. The summed E-state index contributed by atoms with van der Waals surface area (Å²) in [4.78, 5) is 15.8. The van der Waals surface area contributed by atoms with Gasteiger partial charge in [0.05, 0.1) is 5.56 Å². The number of nitrogens with zero attached hydrogens (tertiary/aromatic N) is 1. The summed E-state index contributed by atoms with van der Waals surface area (Å²) in [7, 11) is 1.55. The zero-order valence-corrected chi connectivity index (χ0v) is 10.7. The normalized spacial score (nSPS) is 10.1. The van der Waals surface area contributed by atoms with E-state index in [0.29, 0.717) is 5.69 Å². The average molecular weight is 259 g/mol. The third-order valence-corrected chi connectivity index (χ3v) is 2.68. The lowest BCUT2D eigenvalue weighted by molar-refractivity contribution is 0.102. The monoisotopic (exact) mass is 259 g/mol. The predicted octanol–water partition coefficient (Wildman–Crippen LogP) is 2.82. The van der Waals surface area contributed by atoms with E-state index in [1.165, 1.54) is 12.3 Å². The van der Waals surface area contributed by atoms with Crippen LogP contribution in [0.25, 0.3) is 0 Å². The minimum atomic E-state index is -0.658. The van der Waals surface area contributed by atoms with E-state index in [-0.39, 0.29) is 11.4 Å². The molecule has 98 valence electrons. The molecule has 0 aliphatic carbocycles. The smallest absolute Gasteiger partial charge is 0.258 e. The molecule has 2 rings (SSSR count). The molecule has 5 heteroatoms. The maximum atomic E-state index is 13.9. The van der Waals surface area contributed by atoms with Crippen molar-refractivity contribution in [3.05, 3.63) is 53.5 Å². The molecule has 0 saturated heterocycles. The van der Waals surface area contributed by atoms with Gasteiger partial charge >= 0.3 is 0 Å². The second-order valence-corrected chi connectivity index (χ2v) is 4.09. The highest BCUT2D eigenvalue weighted by atomic mass is 19.1. The maximum absolute atomic E-state index is 13.9. The lowest BCUT2D eigenvalue weighted by Gasteiger charge is -2.08. The predicted molar refractivity (Wildman–Crippen MR) is 72.9 cm³/mol. The summed E-state index contributed by atoms with van der Waals surface area (Å²) in [6, 6.07) is 8.63. The Hall–Kier alpha value is -2.43. The van der Waals surface area contributed by atoms with Crippen LogP contribution in [0.15, 0.2) is 36.5 Å². The first-order chi connectivity index (χ1) is 9.11. The van der Waals surface area contributed by atoms with Gasteiger partial charge < -0.3 is 10.6 Å². The number of nitrogens with one attached hydrogen (secondary N) is 2. The van der Waals surface area contributed by atoms with E-state index in [1.54, 1.807) is 19.2 Å². The van der Waals surface area contributed by atoms with Crippen molar-refractivity contribution < 1.29 is 9.18 Å². The summed E-state index contributed by atoms with van der Waals surface area (Å²) < 4.78 is 13.9. The van der Waals surface area contributed by atoms with Gasteiger partial charge in [0.1, 0.15) is 0 Å². The molecule has 0 aliphatic heterocycles. The average Bonchev–Trinajstić information content (AvgIpc) is 2.41. The second-order valence-electron chi connectivity index (χ2n) is 4.09. The van der Waals surface area contributed by atoms with Crippen LogP contribution in [0, 0.1) is 12.7 Å². The lowest BCUT2D eigenvalue weighted by Crippen LogP contribution is -2.15. The van der Waals surface area contributed by atoms with Crippen LogP contribution in [0.2, 0.25) is 0 Å². The molecule has 0 atom stereocenters. The fourth-order valence-corrected chi connectivity index (χ4v) is 1.63. The Balaban J connectivity index is 2.23. The van der Waals surface area contributed by atoms with Crippen LogP contribution in [0.1, 0.15) is 15.9 Å². The van der Waals surface area contributed by atoms with Crippen molar-refractivity contribution in [1.82, 2.24) is 4.98 Å². The number of benzene rings is 1. The number of amides is 1. The number of carbonyl (C=O) groups excluding carboxylic acids is 1. The number of pyridine rings is 1. The molecule has 0 unspecified atom stereocenters. The van der Waals surface area contributed by atoms with Gasteiger partial charge in [0, 0.05) is 18.9 Å². The Morgan fingerprint density at radius 3 is 2.53 bits per heavy atom. The first kappa shape index (κ1) is 13.0. The largest absolute Gasteiger partial charge is 0.371 e. The Kier molecular flexibility index (Phi) is 3.75. The Labute approximate surface area is 110 Å². The van der Waals surface area contributed by atoms with Gasteiger partial charge in [-0.25, -0.2) is 9.37 Å².